The van der Waals surface area contributed by atoms with E-state index in [4.69, 9.17) is 9.84 Å². The average Bonchev–Trinajstić information content (AvgIpc) is 2.58. The third-order valence-electron chi connectivity index (χ3n) is 4.53. The molecule has 1 atom stereocenters. The molecule has 24 heavy (non-hydrogen) atoms. The van der Waals surface area contributed by atoms with E-state index < -0.39 is 5.97 Å². The summed E-state index contributed by atoms with van der Waals surface area (Å²) < 4.78 is 5.66. The van der Waals surface area contributed by atoms with Crippen molar-refractivity contribution in [2.45, 2.75) is 45.4 Å². The van der Waals surface area contributed by atoms with Crippen molar-refractivity contribution in [1.29, 1.82) is 0 Å². The van der Waals surface area contributed by atoms with Crippen LogP contribution < -0.4 is 4.74 Å². The number of rotatable bonds is 7. The Kier molecular flexibility index (Phi) is 6.64. The lowest BCUT2D eigenvalue weighted by molar-refractivity contribution is -0.137. The van der Waals surface area contributed by atoms with Crippen molar-refractivity contribution in [3.8, 4) is 5.75 Å². The van der Waals surface area contributed by atoms with Crippen LogP contribution in [-0.2, 0) is 9.59 Å². The first-order chi connectivity index (χ1) is 11.5. The van der Waals surface area contributed by atoms with Gasteiger partial charge in [-0.05, 0) is 48.8 Å². The number of carboxylic acid groups (broad SMARTS) is 1. The van der Waals surface area contributed by atoms with E-state index in [9.17, 15) is 9.59 Å². The van der Waals surface area contributed by atoms with Crippen molar-refractivity contribution in [3.63, 3.8) is 0 Å². The van der Waals surface area contributed by atoms with Crippen molar-refractivity contribution < 1.29 is 19.4 Å². The summed E-state index contributed by atoms with van der Waals surface area (Å²) in [6.07, 6.45) is 2.73. The average molecular weight is 333 g/mol. The molecule has 0 bridgehead atoms. The molecule has 0 saturated carbocycles. The molecule has 132 valence electrons. The maximum atomic E-state index is 12.4. The highest BCUT2D eigenvalue weighted by atomic mass is 16.5. The van der Waals surface area contributed by atoms with E-state index in [2.05, 4.69) is 19.9 Å². The van der Waals surface area contributed by atoms with Crippen LogP contribution in [0.3, 0.4) is 0 Å². The van der Waals surface area contributed by atoms with Crippen LogP contribution in [0.5, 0.6) is 5.75 Å². The molecule has 1 aromatic rings. The molecule has 1 N–H and O–H groups in total. The lowest BCUT2D eigenvalue weighted by Gasteiger charge is -2.32. The van der Waals surface area contributed by atoms with Crippen LogP contribution in [0.25, 0.3) is 0 Å². The zero-order valence-corrected chi connectivity index (χ0v) is 14.5. The van der Waals surface area contributed by atoms with Gasteiger partial charge in [-0.15, -0.1) is 0 Å². The Morgan fingerprint density at radius 1 is 1.38 bits per heavy atom. The molecule has 0 aliphatic carbocycles. The number of hydrogen-bond donors (Lipinski definition) is 1. The number of benzene rings is 1. The third-order valence-corrected chi connectivity index (χ3v) is 4.53. The Morgan fingerprint density at radius 3 is 2.88 bits per heavy atom. The van der Waals surface area contributed by atoms with Crippen LogP contribution in [0, 0.1) is 5.92 Å². The van der Waals surface area contributed by atoms with Crippen LogP contribution >= 0.6 is 0 Å². The van der Waals surface area contributed by atoms with Gasteiger partial charge in [0.05, 0.1) is 0 Å². The molecule has 1 heterocycles. The van der Waals surface area contributed by atoms with Gasteiger partial charge in [-0.3, -0.25) is 9.59 Å². The van der Waals surface area contributed by atoms with Crippen LogP contribution in [0.2, 0.25) is 0 Å². The highest BCUT2D eigenvalue weighted by molar-refractivity contribution is 5.77. The van der Waals surface area contributed by atoms with E-state index in [-0.39, 0.29) is 24.9 Å². The van der Waals surface area contributed by atoms with Gasteiger partial charge in [0, 0.05) is 19.5 Å². The first-order valence-corrected chi connectivity index (χ1v) is 8.68. The fourth-order valence-electron chi connectivity index (χ4n) is 3.05. The van der Waals surface area contributed by atoms with E-state index in [0.717, 1.165) is 19.4 Å². The number of carbonyl (C=O) groups excluding carboxylic acids is 1. The monoisotopic (exact) mass is 333 g/mol. The van der Waals surface area contributed by atoms with Gasteiger partial charge in [-0.25, -0.2) is 0 Å². The number of aliphatic carboxylic acids is 1. The highest BCUT2D eigenvalue weighted by Gasteiger charge is 2.24. The molecule has 1 aromatic carbocycles. The third kappa shape index (κ3) is 5.55. The van der Waals surface area contributed by atoms with Crippen molar-refractivity contribution in [2.24, 2.45) is 5.92 Å². The van der Waals surface area contributed by atoms with E-state index in [0.29, 0.717) is 24.6 Å². The predicted octanol–water partition coefficient (Wildman–Crippen LogP) is 3.29. The van der Waals surface area contributed by atoms with E-state index >= 15 is 0 Å². The van der Waals surface area contributed by atoms with Crippen LogP contribution in [0.1, 0.15) is 51.0 Å². The zero-order chi connectivity index (χ0) is 17.5. The second-order valence-electron chi connectivity index (χ2n) is 6.80. The summed E-state index contributed by atoms with van der Waals surface area (Å²) in [4.78, 5) is 24.9. The number of carbonyl (C=O) groups is 2. The molecule has 2 rings (SSSR count). The standard InChI is InChI=1S/C19H27NO4/c1-14(2)16-6-3-7-17(11-16)24-13-18(21)20-10-4-5-15(12-20)8-9-19(22)23/h3,6-7,11,14-15H,4-5,8-10,12-13H2,1-2H3,(H,22,23). The van der Waals surface area contributed by atoms with Crippen molar-refractivity contribution >= 4 is 11.9 Å². The zero-order valence-electron chi connectivity index (χ0n) is 14.5. The summed E-state index contributed by atoms with van der Waals surface area (Å²) in [6, 6.07) is 7.84. The second-order valence-corrected chi connectivity index (χ2v) is 6.80. The first-order valence-electron chi connectivity index (χ1n) is 8.68. The summed E-state index contributed by atoms with van der Waals surface area (Å²) in [5.41, 5.74) is 1.19. The van der Waals surface area contributed by atoms with E-state index in [1.54, 1.807) is 0 Å². The van der Waals surface area contributed by atoms with Crippen molar-refractivity contribution in [3.05, 3.63) is 29.8 Å². The number of ether oxygens (including phenoxy) is 1. The largest absolute Gasteiger partial charge is 0.484 e. The van der Waals surface area contributed by atoms with Gasteiger partial charge in [-0.2, -0.15) is 0 Å². The Balaban J connectivity index is 1.83. The molecule has 1 amide bonds. The van der Waals surface area contributed by atoms with E-state index in [1.807, 2.05) is 23.1 Å². The van der Waals surface area contributed by atoms with Crippen LogP contribution in [0.15, 0.2) is 24.3 Å². The number of piperidine rings is 1. The molecule has 1 aliphatic rings. The molecule has 0 aromatic heterocycles. The Hall–Kier alpha value is -2.04. The van der Waals surface area contributed by atoms with Gasteiger partial charge in [-0.1, -0.05) is 26.0 Å². The minimum Gasteiger partial charge on any atom is -0.484 e. The fraction of sp³-hybridized carbons (Fsp3) is 0.579. The fourth-order valence-corrected chi connectivity index (χ4v) is 3.05. The number of amides is 1. The number of carboxylic acids is 1. The summed E-state index contributed by atoms with van der Waals surface area (Å²) >= 11 is 0. The maximum Gasteiger partial charge on any atom is 0.303 e. The molecular formula is C19H27NO4. The maximum absolute atomic E-state index is 12.4. The first kappa shape index (κ1) is 18.3. The van der Waals surface area contributed by atoms with E-state index in [1.165, 1.54) is 5.56 Å². The Labute approximate surface area is 143 Å². The Bertz CT molecular complexity index is 570. The SMILES string of the molecule is CC(C)c1cccc(OCC(=O)N2CCCC(CCC(=O)O)C2)c1. The molecule has 1 unspecified atom stereocenters. The minimum absolute atomic E-state index is 0.0232. The van der Waals surface area contributed by atoms with Gasteiger partial charge >= 0.3 is 5.97 Å². The Morgan fingerprint density at radius 2 is 2.17 bits per heavy atom. The normalized spacial score (nSPS) is 17.8. The quantitative estimate of drug-likeness (QED) is 0.831. The highest BCUT2D eigenvalue weighted by Crippen LogP contribution is 2.22. The van der Waals surface area contributed by atoms with Crippen LogP contribution in [0.4, 0.5) is 0 Å². The molecule has 1 fully saturated rings. The van der Waals surface area contributed by atoms with Gasteiger partial charge in [0.25, 0.3) is 5.91 Å². The van der Waals surface area contributed by atoms with Crippen LogP contribution in [-0.4, -0.2) is 41.6 Å². The second kappa shape index (κ2) is 8.71. The van der Waals surface area contributed by atoms with Gasteiger partial charge < -0.3 is 14.7 Å². The topological polar surface area (TPSA) is 66.8 Å². The molecule has 1 aliphatic heterocycles. The van der Waals surface area contributed by atoms with Gasteiger partial charge in [0.15, 0.2) is 6.61 Å². The van der Waals surface area contributed by atoms with Gasteiger partial charge in [0.2, 0.25) is 0 Å². The predicted molar refractivity (Wildman–Crippen MR) is 92.2 cm³/mol. The minimum atomic E-state index is -0.771. The lowest BCUT2D eigenvalue weighted by atomic mass is 9.93. The summed E-state index contributed by atoms with van der Waals surface area (Å²) in [6.45, 7) is 5.65. The smallest absolute Gasteiger partial charge is 0.303 e. The number of nitrogens with zero attached hydrogens (tertiary/aromatic N) is 1. The summed E-state index contributed by atoms with van der Waals surface area (Å²) in [5, 5.41) is 8.79. The lowest BCUT2D eigenvalue weighted by Crippen LogP contribution is -2.42. The summed E-state index contributed by atoms with van der Waals surface area (Å²) in [5.74, 6) is 0.621. The molecule has 5 nitrogen and oxygen atoms in total. The molecule has 5 heteroatoms. The summed E-state index contributed by atoms with van der Waals surface area (Å²) in [7, 11) is 0. The molecular weight excluding hydrogens is 306 g/mol. The molecule has 1 saturated heterocycles. The van der Waals surface area contributed by atoms with Crippen molar-refractivity contribution in [1.82, 2.24) is 4.90 Å². The molecule has 0 spiro atoms. The molecule has 0 radical (unpaired) electrons. The van der Waals surface area contributed by atoms with Crippen molar-refractivity contribution in [2.75, 3.05) is 19.7 Å². The van der Waals surface area contributed by atoms with Gasteiger partial charge in [0.1, 0.15) is 5.75 Å². The number of hydrogen-bond acceptors (Lipinski definition) is 3. The number of likely N-dealkylation sites (tertiary alicyclic amines) is 1.